The van der Waals surface area contributed by atoms with Crippen molar-refractivity contribution in [3.8, 4) is 0 Å². The van der Waals surface area contributed by atoms with Crippen LogP contribution in [0.15, 0.2) is 45.7 Å². The number of para-hydroxylation sites is 1. The van der Waals surface area contributed by atoms with Crippen LogP contribution in [0.1, 0.15) is 23.2 Å². The van der Waals surface area contributed by atoms with E-state index < -0.39 is 0 Å². The summed E-state index contributed by atoms with van der Waals surface area (Å²) in [7, 11) is 1.65. The third-order valence-corrected chi connectivity index (χ3v) is 6.26. The van der Waals surface area contributed by atoms with E-state index in [1.54, 1.807) is 37.4 Å². The van der Waals surface area contributed by atoms with E-state index in [-0.39, 0.29) is 29.2 Å². The van der Waals surface area contributed by atoms with Gasteiger partial charge in [0.05, 0.1) is 22.5 Å². The second kappa shape index (κ2) is 7.76. The number of thiophene rings is 1. The van der Waals surface area contributed by atoms with Crippen molar-refractivity contribution in [2.24, 2.45) is 7.05 Å². The zero-order valence-electron chi connectivity index (χ0n) is 15.1. The summed E-state index contributed by atoms with van der Waals surface area (Å²) in [6, 6.07) is 8.96. The van der Waals surface area contributed by atoms with Gasteiger partial charge in [-0.25, -0.2) is 4.98 Å². The second-order valence-corrected chi connectivity index (χ2v) is 8.38. The molecule has 0 saturated heterocycles. The van der Waals surface area contributed by atoms with Crippen LogP contribution in [0, 0.1) is 0 Å². The quantitative estimate of drug-likeness (QED) is 0.478. The minimum absolute atomic E-state index is 0.0779. The van der Waals surface area contributed by atoms with E-state index in [1.807, 2.05) is 5.38 Å². The molecule has 1 aliphatic carbocycles. The van der Waals surface area contributed by atoms with E-state index in [4.69, 9.17) is 0 Å². The number of anilines is 1. The SMILES string of the molecule is Cn1c(SCC(=O)Nc2ccccc2C(=O)NC2CC2)nc2ccsc2c1=O. The highest BCUT2D eigenvalue weighted by molar-refractivity contribution is 7.99. The van der Waals surface area contributed by atoms with Crippen molar-refractivity contribution in [1.29, 1.82) is 0 Å². The maximum Gasteiger partial charge on any atom is 0.271 e. The average Bonchev–Trinajstić information content (AvgIpc) is 3.37. The van der Waals surface area contributed by atoms with Gasteiger partial charge < -0.3 is 10.6 Å². The number of carbonyl (C=O) groups excluding carboxylic acids is 2. The first-order valence-electron chi connectivity index (χ1n) is 8.79. The Hall–Kier alpha value is -2.65. The summed E-state index contributed by atoms with van der Waals surface area (Å²) in [5.41, 5.74) is 1.43. The number of rotatable bonds is 6. The summed E-state index contributed by atoms with van der Waals surface area (Å²) < 4.78 is 2.06. The van der Waals surface area contributed by atoms with Gasteiger partial charge in [0.25, 0.3) is 11.5 Å². The molecule has 28 heavy (non-hydrogen) atoms. The van der Waals surface area contributed by atoms with Crippen molar-refractivity contribution >= 4 is 50.8 Å². The van der Waals surface area contributed by atoms with Crippen molar-refractivity contribution in [2.45, 2.75) is 24.0 Å². The van der Waals surface area contributed by atoms with Gasteiger partial charge in [0.2, 0.25) is 5.91 Å². The molecule has 2 amide bonds. The number of hydrogen-bond donors (Lipinski definition) is 2. The molecule has 2 heterocycles. The molecule has 3 aromatic rings. The Morgan fingerprint density at radius 1 is 1.29 bits per heavy atom. The maximum absolute atomic E-state index is 12.4. The number of nitrogens with zero attached hydrogens (tertiary/aromatic N) is 2. The zero-order valence-corrected chi connectivity index (χ0v) is 16.7. The average molecular weight is 415 g/mol. The number of benzene rings is 1. The second-order valence-electron chi connectivity index (χ2n) is 6.52. The molecule has 0 unspecified atom stereocenters. The summed E-state index contributed by atoms with van der Waals surface area (Å²) >= 11 is 2.54. The van der Waals surface area contributed by atoms with Crippen LogP contribution in [-0.2, 0) is 11.8 Å². The van der Waals surface area contributed by atoms with Gasteiger partial charge in [-0.15, -0.1) is 11.3 Å². The van der Waals surface area contributed by atoms with Crippen LogP contribution in [0.3, 0.4) is 0 Å². The number of fused-ring (bicyclic) bond motifs is 1. The predicted molar refractivity (Wildman–Crippen MR) is 111 cm³/mol. The van der Waals surface area contributed by atoms with E-state index in [0.717, 1.165) is 12.8 Å². The molecule has 0 aliphatic heterocycles. The van der Waals surface area contributed by atoms with Crippen molar-refractivity contribution in [2.75, 3.05) is 11.1 Å². The molecule has 1 fully saturated rings. The molecule has 1 aromatic carbocycles. The predicted octanol–water partition coefficient (Wildman–Crippen LogP) is 2.62. The van der Waals surface area contributed by atoms with Crippen LogP contribution >= 0.6 is 23.1 Å². The fourth-order valence-corrected chi connectivity index (χ4v) is 4.27. The number of thioether (sulfide) groups is 1. The normalized spacial score (nSPS) is 13.5. The lowest BCUT2D eigenvalue weighted by atomic mass is 10.1. The minimum Gasteiger partial charge on any atom is -0.349 e. The van der Waals surface area contributed by atoms with E-state index in [0.29, 0.717) is 26.6 Å². The fraction of sp³-hybridized carbons (Fsp3) is 0.263. The highest BCUT2D eigenvalue weighted by Crippen LogP contribution is 2.23. The Morgan fingerprint density at radius 3 is 2.86 bits per heavy atom. The van der Waals surface area contributed by atoms with E-state index in [1.165, 1.54) is 27.7 Å². The third kappa shape index (κ3) is 3.95. The van der Waals surface area contributed by atoms with Crippen LogP contribution in [0.5, 0.6) is 0 Å². The zero-order chi connectivity index (χ0) is 19.7. The Labute approximate surface area is 169 Å². The Bertz CT molecular complexity index is 1120. The van der Waals surface area contributed by atoms with Crippen molar-refractivity contribution in [3.05, 3.63) is 51.6 Å². The van der Waals surface area contributed by atoms with Gasteiger partial charge in [0.1, 0.15) is 4.70 Å². The molecule has 0 atom stereocenters. The smallest absolute Gasteiger partial charge is 0.271 e. The van der Waals surface area contributed by atoms with Crippen molar-refractivity contribution in [3.63, 3.8) is 0 Å². The third-order valence-electron chi connectivity index (χ3n) is 4.34. The van der Waals surface area contributed by atoms with Gasteiger partial charge in [-0.3, -0.25) is 19.0 Å². The molecular formula is C19H18N4O3S2. The number of amides is 2. The summed E-state index contributed by atoms with van der Waals surface area (Å²) in [5.74, 6) is -0.372. The first-order chi connectivity index (χ1) is 13.5. The lowest BCUT2D eigenvalue weighted by Gasteiger charge is -2.11. The molecule has 0 bridgehead atoms. The summed E-state index contributed by atoms with van der Waals surface area (Å²) in [6.45, 7) is 0. The molecule has 2 N–H and O–H groups in total. The standard InChI is InChI=1S/C19H18N4O3S2/c1-23-18(26)16-14(8-9-27-16)22-19(23)28-10-15(24)21-13-5-3-2-4-12(13)17(25)20-11-6-7-11/h2-5,8-9,11H,6-7,10H2,1H3,(H,20,25)(H,21,24). The molecule has 144 valence electrons. The number of nitrogens with one attached hydrogen (secondary N) is 2. The summed E-state index contributed by atoms with van der Waals surface area (Å²) in [6.07, 6.45) is 1.99. The van der Waals surface area contributed by atoms with Crippen LogP contribution in [0.2, 0.25) is 0 Å². The summed E-state index contributed by atoms with van der Waals surface area (Å²) in [5, 5.41) is 8.02. The first-order valence-corrected chi connectivity index (χ1v) is 10.7. The van der Waals surface area contributed by atoms with Crippen molar-refractivity contribution in [1.82, 2.24) is 14.9 Å². The number of hydrogen-bond acceptors (Lipinski definition) is 6. The van der Waals surface area contributed by atoms with Gasteiger partial charge in [0.15, 0.2) is 5.16 Å². The maximum atomic E-state index is 12.4. The van der Waals surface area contributed by atoms with Gasteiger partial charge in [-0.1, -0.05) is 23.9 Å². The molecule has 0 spiro atoms. The van der Waals surface area contributed by atoms with Gasteiger partial charge in [-0.05, 0) is 36.4 Å². The van der Waals surface area contributed by atoms with Gasteiger partial charge >= 0.3 is 0 Å². The molecule has 7 nitrogen and oxygen atoms in total. The largest absolute Gasteiger partial charge is 0.349 e. The van der Waals surface area contributed by atoms with Crippen LogP contribution < -0.4 is 16.2 Å². The van der Waals surface area contributed by atoms with Gasteiger partial charge in [-0.2, -0.15) is 0 Å². The highest BCUT2D eigenvalue weighted by Gasteiger charge is 2.25. The van der Waals surface area contributed by atoms with Crippen LogP contribution in [0.4, 0.5) is 5.69 Å². The Kier molecular flexibility index (Phi) is 5.19. The van der Waals surface area contributed by atoms with E-state index >= 15 is 0 Å². The molecular weight excluding hydrogens is 396 g/mol. The first kappa shape index (κ1) is 18.7. The van der Waals surface area contributed by atoms with Crippen molar-refractivity contribution < 1.29 is 9.59 Å². The van der Waals surface area contributed by atoms with Crippen LogP contribution in [-0.4, -0.2) is 33.2 Å². The molecule has 0 radical (unpaired) electrons. The lowest BCUT2D eigenvalue weighted by molar-refractivity contribution is -0.113. The molecule has 4 rings (SSSR count). The summed E-state index contributed by atoms with van der Waals surface area (Å²) in [4.78, 5) is 41.6. The monoisotopic (exact) mass is 414 g/mol. The molecule has 9 heteroatoms. The van der Waals surface area contributed by atoms with E-state index in [9.17, 15) is 14.4 Å². The fourth-order valence-electron chi connectivity index (χ4n) is 2.69. The lowest BCUT2D eigenvalue weighted by Crippen LogP contribution is -2.27. The van der Waals surface area contributed by atoms with Gasteiger partial charge in [0, 0.05) is 13.1 Å². The Balaban J connectivity index is 1.45. The highest BCUT2D eigenvalue weighted by atomic mass is 32.2. The molecule has 1 saturated carbocycles. The minimum atomic E-state index is -0.267. The van der Waals surface area contributed by atoms with E-state index in [2.05, 4.69) is 15.6 Å². The topological polar surface area (TPSA) is 93.1 Å². The number of aromatic nitrogens is 2. The Morgan fingerprint density at radius 2 is 2.07 bits per heavy atom. The molecule has 2 aromatic heterocycles. The molecule has 1 aliphatic rings. The van der Waals surface area contributed by atoms with Crippen LogP contribution in [0.25, 0.3) is 10.2 Å². The number of carbonyl (C=O) groups is 2.